The highest BCUT2D eigenvalue weighted by atomic mass is 19.3. The summed E-state index contributed by atoms with van der Waals surface area (Å²) in [7, 11) is 1.25. The summed E-state index contributed by atoms with van der Waals surface area (Å²) in [5, 5.41) is 0. The largest absolute Gasteiger partial charge is 0.482 e. The standard InChI is InChI=1S/C19H16F2O5/c1-24-18(23)12-25-15-9-6-13(7-10-15)16(22)11-8-14-4-2-3-5-17(14)26-19(20)21/h2-11,19H,12H2,1H3. The molecule has 0 aliphatic heterocycles. The highest BCUT2D eigenvalue weighted by molar-refractivity contribution is 6.07. The molecular formula is C19H16F2O5. The fourth-order valence-corrected chi connectivity index (χ4v) is 2.00. The summed E-state index contributed by atoms with van der Waals surface area (Å²) < 4.78 is 38.8. The van der Waals surface area contributed by atoms with Gasteiger partial charge in [-0.1, -0.05) is 18.2 Å². The minimum atomic E-state index is -2.95. The van der Waals surface area contributed by atoms with Crippen molar-refractivity contribution < 1.29 is 32.6 Å². The first-order chi connectivity index (χ1) is 12.5. The van der Waals surface area contributed by atoms with Crippen LogP contribution in [0.5, 0.6) is 11.5 Å². The average Bonchev–Trinajstić information content (AvgIpc) is 2.65. The first kappa shape index (κ1) is 19.1. The van der Waals surface area contributed by atoms with Crippen LogP contribution >= 0.6 is 0 Å². The SMILES string of the molecule is COC(=O)COc1ccc(C(=O)C=Cc2ccccc2OC(F)F)cc1. The van der Waals surface area contributed by atoms with Crippen molar-refractivity contribution in [3.05, 3.63) is 65.7 Å². The molecule has 2 aromatic rings. The van der Waals surface area contributed by atoms with Gasteiger partial charge < -0.3 is 14.2 Å². The molecule has 0 spiro atoms. The molecule has 5 nitrogen and oxygen atoms in total. The number of benzene rings is 2. The van der Waals surface area contributed by atoms with Gasteiger partial charge in [0.15, 0.2) is 12.4 Å². The lowest BCUT2D eigenvalue weighted by molar-refractivity contribution is -0.142. The number of ketones is 1. The van der Waals surface area contributed by atoms with Crippen molar-refractivity contribution in [2.24, 2.45) is 0 Å². The molecule has 0 saturated carbocycles. The Morgan fingerprint density at radius 1 is 1.08 bits per heavy atom. The van der Waals surface area contributed by atoms with E-state index in [0.29, 0.717) is 16.9 Å². The second kappa shape index (κ2) is 9.31. The van der Waals surface area contributed by atoms with Crippen LogP contribution in [0.4, 0.5) is 8.78 Å². The second-order valence-electron chi connectivity index (χ2n) is 5.00. The van der Waals surface area contributed by atoms with Gasteiger partial charge in [0.2, 0.25) is 0 Å². The number of allylic oxidation sites excluding steroid dienone is 1. The van der Waals surface area contributed by atoms with Crippen molar-refractivity contribution in [2.75, 3.05) is 13.7 Å². The van der Waals surface area contributed by atoms with E-state index in [9.17, 15) is 18.4 Å². The number of alkyl halides is 2. The van der Waals surface area contributed by atoms with Gasteiger partial charge in [-0.2, -0.15) is 8.78 Å². The maximum Gasteiger partial charge on any atom is 0.387 e. The molecule has 0 aromatic heterocycles. The van der Waals surface area contributed by atoms with Crippen LogP contribution in [0.1, 0.15) is 15.9 Å². The number of carbonyl (C=O) groups excluding carboxylic acids is 2. The van der Waals surface area contributed by atoms with Gasteiger partial charge in [0.05, 0.1) is 7.11 Å². The minimum Gasteiger partial charge on any atom is -0.482 e. The lowest BCUT2D eigenvalue weighted by atomic mass is 10.1. The lowest BCUT2D eigenvalue weighted by Crippen LogP contribution is -2.12. The number of hydrogen-bond donors (Lipinski definition) is 0. The van der Waals surface area contributed by atoms with Gasteiger partial charge in [0.1, 0.15) is 11.5 Å². The number of halogens is 2. The molecule has 2 aromatic carbocycles. The molecule has 26 heavy (non-hydrogen) atoms. The molecular weight excluding hydrogens is 346 g/mol. The average molecular weight is 362 g/mol. The maximum atomic E-state index is 12.4. The Balaban J connectivity index is 2.03. The number of esters is 1. The Kier molecular flexibility index (Phi) is 6.84. The van der Waals surface area contributed by atoms with E-state index in [2.05, 4.69) is 9.47 Å². The molecule has 0 atom stereocenters. The Labute approximate surface area is 148 Å². The van der Waals surface area contributed by atoms with Crippen molar-refractivity contribution in [2.45, 2.75) is 6.61 Å². The molecule has 136 valence electrons. The first-order valence-corrected chi connectivity index (χ1v) is 7.55. The maximum absolute atomic E-state index is 12.4. The monoisotopic (exact) mass is 362 g/mol. The molecule has 0 heterocycles. The summed E-state index contributed by atoms with van der Waals surface area (Å²) in [5.41, 5.74) is 0.734. The number of rotatable bonds is 8. The van der Waals surface area contributed by atoms with Crippen LogP contribution in [0.3, 0.4) is 0 Å². The van der Waals surface area contributed by atoms with Crippen molar-refractivity contribution in [3.8, 4) is 11.5 Å². The zero-order chi connectivity index (χ0) is 18.9. The number of carbonyl (C=O) groups is 2. The highest BCUT2D eigenvalue weighted by Crippen LogP contribution is 2.22. The molecule has 0 saturated heterocycles. The molecule has 7 heteroatoms. The van der Waals surface area contributed by atoms with Gasteiger partial charge in [-0.25, -0.2) is 4.79 Å². The van der Waals surface area contributed by atoms with Gasteiger partial charge in [0.25, 0.3) is 0 Å². The molecule has 0 fully saturated rings. The summed E-state index contributed by atoms with van der Waals surface area (Å²) >= 11 is 0. The van der Waals surface area contributed by atoms with E-state index in [0.717, 1.165) is 0 Å². The third-order valence-electron chi connectivity index (χ3n) is 3.27. The molecule has 0 aliphatic rings. The molecule has 0 radical (unpaired) electrons. The summed E-state index contributed by atoms with van der Waals surface area (Å²) in [6.45, 7) is -3.18. The van der Waals surface area contributed by atoms with Gasteiger partial charge in [0, 0.05) is 11.1 Å². The number of hydrogen-bond acceptors (Lipinski definition) is 5. The predicted molar refractivity (Wildman–Crippen MR) is 90.4 cm³/mol. The third kappa shape index (κ3) is 5.70. The van der Waals surface area contributed by atoms with E-state index in [1.807, 2.05) is 0 Å². The number of methoxy groups -OCH3 is 1. The molecule has 0 amide bonds. The van der Waals surface area contributed by atoms with Crippen LogP contribution < -0.4 is 9.47 Å². The lowest BCUT2D eigenvalue weighted by Gasteiger charge is -2.07. The Bertz CT molecular complexity index is 785. The molecule has 0 unspecified atom stereocenters. The van der Waals surface area contributed by atoms with Crippen molar-refractivity contribution >= 4 is 17.8 Å². The van der Waals surface area contributed by atoms with Crippen LogP contribution in [-0.2, 0) is 9.53 Å². The van der Waals surface area contributed by atoms with Crippen LogP contribution in [0.25, 0.3) is 6.08 Å². The van der Waals surface area contributed by atoms with E-state index in [1.165, 1.54) is 49.6 Å². The van der Waals surface area contributed by atoms with Crippen molar-refractivity contribution in [1.29, 1.82) is 0 Å². The van der Waals surface area contributed by atoms with Crippen LogP contribution in [-0.4, -0.2) is 32.1 Å². The smallest absolute Gasteiger partial charge is 0.387 e. The van der Waals surface area contributed by atoms with E-state index < -0.39 is 12.6 Å². The topological polar surface area (TPSA) is 61.8 Å². The minimum absolute atomic E-state index is 0.0156. The number of ether oxygens (including phenoxy) is 3. The van der Waals surface area contributed by atoms with Gasteiger partial charge in [-0.15, -0.1) is 0 Å². The summed E-state index contributed by atoms with van der Waals surface area (Å²) in [6, 6.07) is 12.3. The van der Waals surface area contributed by atoms with E-state index in [-0.39, 0.29) is 18.1 Å². The summed E-state index contributed by atoms with van der Waals surface area (Å²) in [6.07, 6.45) is 2.67. The third-order valence-corrected chi connectivity index (χ3v) is 3.27. The quantitative estimate of drug-likeness (QED) is 0.407. The highest BCUT2D eigenvalue weighted by Gasteiger charge is 2.08. The Hall–Kier alpha value is -3.22. The normalized spacial score (nSPS) is 10.8. The van der Waals surface area contributed by atoms with E-state index in [1.54, 1.807) is 18.2 Å². The molecule has 0 aliphatic carbocycles. The van der Waals surface area contributed by atoms with Crippen LogP contribution in [0.2, 0.25) is 0 Å². The van der Waals surface area contributed by atoms with Gasteiger partial charge >= 0.3 is 12.6 Å². The summed E-state index contributed by atoms with van der Waals surface area (Å²) in [5.74, 6) is -0.446. The first-order valence-electron chi connectivity index (χ1n) is 7.55. The van der Waals surface area contributed by atoms with Gasteiger partial charge in [-0.05, 0) is 42.5 Å². The Morgan fingerprint density at radius 2 is 1.77 bits per heavy atom. The van der Waals surface area contributed by atoms with Crippen LogP contribution in [0.15, 0.2) is 54.6 Å². The molecule has 0 N–H and O–H groups in total. The van der Waals surface area contributed by atoms with Crippen LogP contribution in [0, 0.1) is 0 Å². The summed E-state index contributed by atoms with van der Waals surface area (Å²) in [4.78, 5) is 23.2. The van der Waals surface area contributed by atoms with Gasteiger partial charge in [-0.3, -0.25) is 4.79 Å². The van der Waals surface area contributed by atoms with E-state index >= 15 is 0 Å². The Morgan fingerprint density at radius 3 is 2.42 bits per heavy atom. The zero-order valence-electron chi connectivity index (χ0n) is 13.9. The predicted octanol–water partition coefficient (Wildman–Crippen LogP) is 3.74. The zero-order valence-corrected chi connectivity index (χ0v) is 13.9. The van der Waals surface area contributed by atoms with Crippen molar-refractivity contribution in [1.82, 2.24) is 0 Å². The molecule has 0 bridgehead atoms. The fourth-order valence-electron chi connectivity index (χ4n) is 2.00. The molecule has 2 rings (SSSR count). The fraction of sp³-hybridized carbons (Fsp3) is 0.158. The second-order valence-corrected chi connectivity index (χ2v) is 5.00. The van der Waals surface area contributed by atoms with Crippen molar-refractivity contribution in [3.63, 3.8) is 0 Å². The number of para-hydroxylation sites is 1. The van der Waals surface area contributed by atoms with E-state index in [4.69, 9.17) is 4.74 Å².